The molecule has 2 aliphatic heterocycles. The maximum atomic E-state index is 13.1. The van der Waals surface area contributed by atoms with E-state index in [4.69, 9.17) is 15.2 Å². The Balaban J connectivity index is 1.11. The van der Waals surface area contributed by atoms with Crippen molar-refractivity contribution in [1.82, 2.24) is 29.7 Å². The maximum absolute atomic E-state index is 13.1. The minimum absolute atomic E-state index is 0.0796. The highest BCUT2D eigenvalue weighted by Gasteiger charge is 2.48. The molecule has 3 aliphatic rings. The highest BCUT2D eigenvalue weighted by molar-refractivity contribution is 5.83. The number of aliphatic hydroxyl groups is 2. The van der Waals surface area contributed by atoms with E-state index in [0.29, 0.717) is 49.3 Å². The van der Waals surface area contributed by atoms with Crippen molar-refractivity contribution in [2.45, 2.75) is 62.7 Å². The summed E-state index contributed by atoms with van der Waals surface area (Å²) in [7, 11) is 0. The van der Waals surface area contributed by atoms with Gasteiger partial charge in [-0.1, -0.05) is 0 Å². The quantitative estimate of drug-likeness (QED) is 0.342. The van der Waals surface area contributed by atoms with Gasteiger partial charge in [-0.25, -0.2) is 24.1 Å². The van der Waals surface area contributed by atoms with Gasteiger partial charge in [0.1, 0.15) is 35.1 Å². The number of nitrogens with two attached hydrogens (primary N) is 1. The van der Waals surface area contributed by atoms with E-state index < -0.39 is 42.4 Å². The molecule has 5 N–H and O–H groups in total. The van der Waals surface area contributed by atoms with Gasteiger partial charge in [-0.15, -0.1) is 0 Å². The third-order valence-corrected chi connectivity index (χ3v) is 7.55. The van der Waals surface area contributed by atoms with Crippen molar-refractivity contribution in [1.29, 1.82) is 0 Å². The van der Waals surface area contributed by atoms with Crippen molar-refractivity contribution >= 4 is 29.0 Å². The molecule has 14 heteroatoms. The number of carbonyl (C=O) groups is 2. The molecule has 6 rings (SSSR count). The Morgan fingerprint density at radius 1 is 1.10 bits per heavy atom. The molecule has 2 saturated heterocycles. The topological polar surface area (TPSA) is 178 Å². The van der Waals surface area contributed by atoms with Gasteiger partial charge in [-0.3, -0.25) is 9.36 Å². The molecular weight excluding hydrogens is 525 g/mol. The summed E-state index contributed by atoms with van der Waals surface area (Å²) in [6, 6.07) is 5.35. The third kappa shape index (κ3) is 5.29. The van der Waals surface area contributed by atoms with Crippen LogP contribution in [0.3, 0.4) is 0 Å². The highest BCUT2D eigenvalue weighted by atomic mass is 19.1. The second-order valence-corrected chi connectivity index (χ2v) is 10.5. The van der Waals surface area contributed by atoms with Gasteiger partial charge >= 0.3 is 6.09 Å². The predicted octanol–water partition coefficient (Wildman–Crippen LogP) is 0.899. The zero-order valence-electron chi connectivity index (χ0n) is 21.5. The standard InChI is InChI=1S/C26H30FN7O6/c27-14-1-5-16(6-2-14)39-26(38)33-9-7-13(8-10-33)11-17-31-22(28)18-23(32-17)34(12-29-18)25-20(36)19(35)21(40-25)24(37)30-15-3-4-15/h1-2,5-6,12-13,15,19-21,25,35-36H,3-4,7-11H2,(H,30,37)(H2,28,31,32)/t19?,20?,21-,25+/m0/s1. The van der Waals surface area contributed by atoms with E-state index in [2.05, 4.69) is 20.3 Å². The number of aliphatic hydroxyl groups excluding tert-OH is 2. The van der Waals surface area contributed by atoms with Gasteiger partial charge in [0.05, 0.1) is 6.33 Å². The maximum Gasteiger partial charge on any atom is 0.415 e. The molecule has 0 spiro atoms. The number of carbonyl (C=O) groups excluding carboxylic acids is 2. The molecule has 2 aromatic heterocycles. The van der Waals surface area contributed by atoms with E-state index in [-0.39, 0.29) is 23.5 Å². The molecular formula is C26H30FN7O6. The fourth-order valence-electron chi connectivity index (χ4n) is 5.13. The van der Waals surface area contributed by atoms with Crippen LogP contribution in [0.25, 0.3) is 11.2 Å². The van der Waals surface area contributed by atoms with Crippen molar-refractivity contribution in [3.63, 3.8) is 0 Å². The SMILES string of the molecule is Nc1nc(CC2CCN(C(=O)Oc3ccc(F)cc3)CC2)nc2c1ncn2[C@@H]1O[C@H](C(=O)NC2CC2)C(O)C1O. The van der Waals surface area contributed by atoms with Crippen LogP contribution in [0.5, 0.6) is 5.75 Å². The molecule has 13 nitrogen and oxygen atoms in total. The number of amides is 2. The normalized spacial score (nSPS) is 25.3. The average molecular weight is 556 g/mol. The molecule has 212 valence electrons. The second kappa shape index (κ2) is 10.6. The molecule has 4 heterocycles. The minimum atomic E-state index is -1.42. The summed E-state index contributed by atoms with van der Waals surface area (Å²) in [4.78, 5) is 39.9. The molecule has 3 aromatic rings. The molecule has 3 fully saturated rings. The van der Waals surface area contributed by atoms with Crippen molar-refractivity contribution in [2.24, 2.45) is 5.92 Å². The summed E-state index contributed by atoms with van der Waals surface area (Å²) in [5, 5.41) is 24.0. The van der Waals surface area contributed by atoms with Crippen LogP contribution in [0.1, 0.15) is 37.7 Å². The summed E-state index contributed by atoms with van der Waals surface area (Å²) in [6.07, 6.45) is -0.578. The Bertz CT molecular complexity index is 1410. The van der Waals surface area contributed by atoms with Gasteiger partial charge in [0.15, 0.2) is 23.8 Å². The zero-order valence-corrected chi connectivity index (χ0v) is 21.5. The number of anilines is 1. The van der Waals surface area contributed by atoms with Gasteiger partial charge in [0.2, 0.25) is 0 Å². The van der Waals surface area contributed by atoms with Crippen molar-refractivity contribution < 1.29 is 33.7 Å². The largest absolute Gasteiger partial charge is 0.415 e. The Morgan fingerprint density at radius 3 is 2.52 bits per heavy atom. The number of ether oxygens (including phenoxy) is 2. The number of imidazole rings is 1. The smallest absolute Gasteiger partial charge is 0.410 e. The number of benzene rings is 1. The lowest BCUT2D eigenvalue weighted by Gasteiger charge is -2.31. The summed E-state index contributed by atoms with van der Waals surface area (Å²) in [5.41, 5.74) is 6.82. The first-order valence-corrected chi connectivity index (χ1v) is 13.3. The first-order valence-electron chi connectivity index (χ1n) is 13.3. The number of aromatic nitrogens is 4. The number of fused-ring (bicyclic) bond motifs is 1. The van der Waals surface area contributed by atoms with Crippen molar-refractivity contribution in [3.05, 3.63) is 42.2 Å². The number of halogens is 1. The Labute approximate surface area is 228 Å². The van der Waals surface area contributed by atoms with Crippen LogP contribution in [0.4, 0.5) is 15.0 Å². The lowest BCUT2D eigenvalue weighted by atomic mass is 9.93. The Morgan fingerprint density at radius 2 is 1.82 bits per heavy atom. The number of nitrogen functional groups attached to an aromatic ring is 1. The number of likely N-dealkylation sites (tertiary alicyclic amines) is 1. The molecule has 2 unspecified atom stereocenters. The van der Waals surface area contributed by atoms with Gasteiger partial charge in [-0.2, -0.15) is 0 Å². The van der Waals surface area contributed by atoms with E-state index in [0.717, 1.165) is 12.8 Å². The second-order valence-electron chi connectivity index (χ2n) is 10.5. The van der Waals surface area contributed by atoms with Gasteiger partial charge in [0, 0.05) is 25.6 Å². The fraction of sp³-hybridized carbons (Fsp3) is 0.500. The Kier molecular flexibility index (Phi) is 6.98. The number of rotatable bonds is 6. The van der Waals surface area contributed by atoms with Crippen LogP contribution in [-0.2, 0) is 16.0 Å². The molecule has 1 saturated carbocycles. The first-order chi connectivity index (χ1) is 19.3. The number of piperidine rings is 1. The lowest BCUT2D eigenvalue weighted by Crippen LogP contribution is -2.43. The summed E-state index contributed by atoms with van der Waals surface area (Å²) >= 11 is 0. The van der Waals surface area contributed by atoms with Crippen LogP contribution in [0, 0.1) is 11.7 Å². The van der Waals surface area contributed by atoms with E-state index in [1.807, 2.05) is 0 Å². The van der Waals surface area contributed by atoms with Crippen molar-refractivity contribution in [3.8, 4) is 5.75 Å². The van der Waals surface area contributed by atoms with Crippen LogP contribution < -0.4 is 15.8 Å². The molecule has 1 aliphatic carbocycles. The predicted molar refractivity (Wildman–Crippen MR) is 137 cm³/mol. The van der Waals surface area contributed by atoms with E-state index >= 15 is 0 Å². The van der Waals surface area contributed by atoms with E-state index in [1.54, 1.807) is 4.90 Å². The third-order valence-electron chi connectivity index (χ3n) is 7.55. The molecule has 0 bridgehead atoms. The average Bonchev–Trinajstić information content (AvgIpc) is 3.57. The van der Waals surface area contributed by atoms with Crippen LogP contribution >= 0.6 is 0 Å². The monoisotopic (exact) mass is 555 g/mol. The number of nitrogens with one attached hydrogen (secondary N) is 1. The molecule has 0 radical (unpaired) electrons. The van der Waals surface area contributed by atoms with Crippen LogP contribution in [0.2, 0.25) is 0 Å². The first kappa shape index (κ1) is 26.3. The number of hydrogen-bond donors (Lipinski definition) is 4. The summed E-state index contributed by atoms with van der Waals surface area (Å²) in [6.45, 7) is 0.954. The van der Waals surface area contributed by atoms with Crippen LogP contribution in [0.15, 0.2) is 30.6 Å². The van der Waals surface area contributed by atoms with Gasteiger partial charge in [-0.05, 0) is 55.9 Å². The van der Waals surface area contributed by atoms with E-state index in [9.17, 15) is 24.2 Å². The zero-order chi connectivity index (χ0) is 28.0. The van der Waals surface area contributed by atoms with Gasteiger partial charge < -0.3 is 35.6 Å². The molecule has 4 atom stereocenters. The van der Waals surface area contributed by atoms with Crippen LogP contribution in [-0.4, -0.2) is 84.1 Å². The fourth-order valence-corrected chi connectivity index (χ4v) is 5.13. The lowest BCUT2D eigenvalue weighted by molar-refractivity contribution is -0.137. The Hall–Kier alpha value is -3.88. The van der Waals surface area contributed by atoms with Gasteiger partial charge in [0.25, 0.3) is 5.91 Å². The highest BCUT2D eigenvalue weighted by Crippen LogP contribution is 2.33. The summed E-state index contributed by atoms with van der Waals surface area (Å²) < 4.78 is 25.7. The van der Waals surface area contributed by atoms with Crippen molar-refractivity contribution in [2.75, 3.05) is 18.8 Å². The molecule has 40 heavy (non-hydrogen) atoms. The molecule has 1 aromatic carbocycles. The number of hydrogen-bond acceptors (Lipinski definition) is 10. The minimum Gasteiger partial charge on any atom is -0.410 e. The summed E-state index contributed by atoms with van der Waals surface area (Å²) in [5.74, 6) is 0.207. The van der Waals surface area contributed by atoms with E-state index in [1.165, 1.54) is 35.2 Å². The molecule has 2 amide bonds. The number of nitrogens with zero attached hydrogens (tertiary/aromatic N) is 5.